The highest BCUT2D eigenvalue weighted by atomic mass is 16.5. The van der Waals surface area contributed by atoms with Gasteiger partial charge in [0.1, 0.15) is 23.9 Å². The summed E-state index contributed by atoms with van der Waals surface area (Å²) in [5, 5.41) is 9.62. The molecule has 1 N–H and O–H groups in total. The van der Waals surface area contributed by atoms with E-state index in [1.165, 1.54) is 5.56 Å². The third kappa shape index (κ3) is 5.78. The summed E-state index contributed by atoms with van der Waals surface area (Å²) in [6.07, 6.45) is 2.95. The van der Waals surface area contributed by atoms with Gasteiger partial charge in [-0.1, -0.05) is 32.4 Å². The number of aromatic carboxylic acids is 1. The fourth-order valence-corrected chi connectivity index (χ4v) is 3.32. The van der Waals surface area contributed by atoms with Crippen molar-refractivity contribution < 1.29 is 24.1 Å². The zero-order valence-electron chi connectivity index (χ0n) is 18.8. The second-order valence-corrected chi connectivity index (χ2v) is 7.39. The first kappa shape index (κ1) is 23.1. The molecule has 32 heavy (non-hydrogen) atoms. The highest BCUT2D eigenvalue weighted by Gasteiger charge is 2.16. The van der Waals surface area contributed by atoms with E-state index >= 15 is 0 Å². The fourth-order valence-electron chi connectivity index (χ4n) is 3.32. The van der Waals surface area contributed by atoms with Crippen LogP contribution >= 0.6 is 0 Å². The van der Waals surface area contributed by atoms with E-state index < -0.39 is 5.97 Å². The number of carboxylic acids is 1. The topological polar surface area (TPSA) is 77.9 Å². The van der Waals surface area contributed by atoms with Crippen molar-refractivity contribution >= 4 is 5.97 Å². The van der Waals surface area contributed by atoms with E-state index in [1.54, 1.807) is 19.2 Å². The second kappa shape index (κ2) is 11.2. The SMILES string of the molecule is CCCOc1cc(OC)ccc1-c1ccc(C(=O)O)c(COc2ccc(CCC)cc2)n1. The van der Waals surface area contributed by atoms with Crippen LogP contribution in [-0.4, -0.2) is 29.8 Å². The predicted molar refractivity (Wildman–Crippen MR) is 124 cm³/mol. The first-order valence-electron chi connectivity index (χ1n) is 10.8. The Morgan fingerprint density at radius 1 is 0.938 bits per heavy atom. The average Bonchev–Trinajstić information content (AvgIpc) is 2.82. The maximum absolute atomic E-state index is 11.8. The number of rotatable bonds is 11. The number of carbonyl (C=O) groups is 1. The molecule has 1 aromatic heterocycles. The Morgan fingerprint density at radius 3 is 2.34 bits per heavy atom. The largest absolute Gasteiger partial charge is 0.497 e. The number of carboxylic acid groups (broad SMARTS) is 1. The van der Waals surface area contributed by atoms with Gasteiger partial charge in [-0.15, -0.1) is 0 Å². The number of ether oxygens (including phenoxy) is 3. The van der Waals surface area contributed by atoms with Crippen LogP contribution in [0.5, 0.6) is 17.2 Å². The molecule has 0 bridgehead atoms. The fraction of sp³-hybridized carbons (Fsp3) is 0.308. The second-order valence-electron chi connectivity index (χ2n) is 7.39. The molecule has 168 valence electrons. The minimum atomic E-state index is -1.04. The Labute approximate surface area is 188 Å². The average molecular weight is 436 g/mol. The molecule has 3 aromatic rings. The van der Waals surface area contributed by atoms with Gasteiger partial charge >= 0.3 is 5.97 Å². The van der Waals surface area contributed by atoms with Crippen molar-refractivity contribution in [3.63, 3.8) is 0 Å². The number of hydrogen-bond donors (Lipinski definition) is 1. The van der Waals surface area contributed by atoms with Crippen LogP contribution in [0.25, 0.3) is 11.3 Å². The van der Waals surface area contributed by atoms with Gasteiger partial charge in [0.15, 0.2) is 0 Å². The van der Waals surface area contributed by atoms with E-state index in [9.17, 15) is 9.90 Å². The molecule has 0 amide bonds. The van der Waals surface area contributed by atoms with Crippen LogP contribution in [0.3, 0.4) is 0 Å². The van der Waals surface area contributed by atoms with Crippen LogP contribution in [-0.2, 0) is 13.0 Å². The van der Waals surface area contributed by atoms with Crippen molar-refractivity contribution in [2.45, 2.75) is 39.7 Å². The Hall–Kier alpha value is -3.54. The summed E-state index contributed by atoms with van der Waals surface area (Å²) in [6.45, 7) is 4.77. The molecule has 0 aliphatic carbocycles. The molecule has 0 aliphatic heterocycles. The Bertz CT molecular complexity index is 1050. The molecule has 6 heteroatoms. The molecule has 0 aliphatic rings. The van der Waals surface area contributed by atoms with Crippen molar-refractivity contribution in [1.82, 2.24) is 4.98 Å². The lowest BCUT2D eigenvalue weighted by Crippen LogP contribution is -2.09. The minimum absolute atomic E-state index is 0.0455. The molecule has 1 heterocycles. The molecular formula is C26H29NO5. The van der Waals surface area contributed by atoms with Crippen molar-refractivity contribution in [2.75, 3.05) is 13.7 Å². The van der Waals surface area contributed by atoms with E-state index in [0.717, 1.165) is 24.8 Å². The smallest absolute Gasteiger partial charge is 0.337 e. The summed E-state index contributed by atoms with van der Waals surface area (Å²) in [7, 11) is 1.60. The number of nitrogens with zero attached hydrogens (tertiary/aromatic N) is 1. The first-order valence-corrected chi connectivity index (χ1v) is 10.8. The van der Waals surface area contributed by atoms with Gasteiger partial charge in [-0.25, -0.2) is 9.78 Å². The van der Waals surface area contributed by atoms with Gasteiger partial charge in [0, 0.05) is 11.6 Å². The van der Waals surface area contributed by atoms with Gasteiger partial charge < -0.3 is 19.3 Å². The quantitative estimate of drug-likeness (QED) is 0.412. The van der Waals surface area contributed by atoms with Crippen LogP contribution in [0, 0.1) is 0 Å². The van der Waals surface area contributed by atoms with Gasteiger partial charge in [0.05, 0.1) is 30.7 Å². The number of benzene rings is 2. The number of hydrogen-bond acceptors (Lipinski definition) is 5. The first-order chi connectivity index (χ1) is 15.5. The van der Waals surface area contributed by atoms with E-state index in [-0.39, 0.29) is 12.2 Å². The third-order valence-corrected chi connectivity index (χ3v) is 4.97. The molecule has 0 saturated carbocycles. The normalized spacial score (nSPS) is 10.6. The summed E-state index contributed by atoms with van der Waals surface area (Å²) < 4.78 is 17.1. The number of aromatic nitrogens is 1. The standard InChI is InChI=1S/C26H29NO5/c1-4-6-18-7-9-19(10-8-18)32-17-24-22(26(28)29)13-14-23(27-24)21-12-11-20(30-3)16-25(21)31-15-5-2/h7-14,16H,4-6,15,17H2,1-3H3,(H,28,29). The Kier molecular flexibility index (Phi) is 8.08. The lowest BCUT2D eigenvalue weighted by Gasteiger charge is -2.14. The molecule has 6 nitrogen and oxygen atoms in total. The molecular weight excluding hydrogens is 406 g/mol. The van der Waals surface area contributed by atoms with E-state index in [1.807, 2.05) is 49.4 Å². The monoisotopic (exact) mass is 435 g/mol. The predicted octanol–water partition coefficient (Wildman–Crippen LogP) is 5.78. The summed E-state index contributed by atoms with van der Waals surface area (Å²) in [6, 6.07) is 16.6. The van der Waals surface area contributed by atoms with E-state index in [0.29, 0.717) is 35.2 Å². The number of pyridine rings is 1. The zero-order valence-corrected chi connectivity index (χ0v) is 18.8. The van der Waals surface area contributed by atoms with Gasteiger partial charge in [0.2, 0.25) is 0 Å². The van der Waals surface area contributed by atoms with Crippen molar-refractivity contribution in [1.29, 1.82) is 0 Å². The summed E-state index contributed by atoms with van der Waals surface area (Å²) in [5.41, 5.74) is 3.08. The van der Waals surface area contributed by atoms with Crippen LogP contribution in [0.1, 0.15) is 48.3 Å². The van der Waals surface area contributed by atoms with E-state index in [2.05, 4.69) is 11.9 Å². The highest BCUT2D eigenvalue weighted by molar-refractivity contribution is 5.89. The maximum Gasteiger partial charge on any atom is 0.337 e. The summed E-state index contributed by atoms with van der Waals surface area (Å²) in [4.78, 5) is 16.4. The van der Waals surface area contributed by atoms with E-state index in [4.69, 9.17) is 14.2 Å². The minimum Gasteiger partial charge on any atom is -0.497 e. The molecule has 0 radical (unpaired) electrons. The van der Waals surface area contributed by atoms with Crippen LogP contribution in [0.2, 0.25) is 0 Å². The van der Waals surface area contributed by atoms with Crippen molar-refractivity contribution in [2.24, 2.45) is 0 Å². The number of methoxy groups -OCH3 is 1. The number of aryl methyl sites for hydroxylation is 1. The molecule has 0 atom stereocenters. The zero-order chi connectivity index (χ0) is 22.9. The van der Waals surface area contributed by atoms with Crippen LogP contribution in [0.15, 0.2) is 54.6 Å². The summed E-state index contributed by atoms with van der Waals surface area (Å²) >= 11 is 0. The van der Waals surface area contributed by atoms with Crippen LogP contribution < -0.4 is 14.2 Å². The molecule has 3 rings (SSSR count). The highest BCUT2D eigenvalue weighted by Crippen LogP contribution is 2.33. The summed E-state index contributed by atoms with van der Waals surface area (Å²) in [5.74, 6) is 0.945. The van der Waals surface area contributed by atoms with Gasteiger partial charge in [-0.05, 0) is 54.8 Å². The molecule has 2 aromatic carbocycles. The van der Waals surface area contributed by atoms with Gasteiger partial charge in [-0.3, -0.25) is 0 Å². The Morgan fingerprint density at radius 2 is 1.69 bits per heavy atom. The third-order valence-electron chi connectivity index (χ3n) is 4.97. The molecule has 0 saturated heterocycles. The van der Waals surface area contributed by atoms with Gasteiger partial charge in [-0.2, -0.15) is 0 Å². The van der Waals surface area contributed by atoms with Crippen molar-refractivity contribution in [3.05, 3.63) is 71.4 Å². The lowest BCUT2D eigenvalue weighted by molar-refractivity contribution is 0.0693. The van der Waals surface area contributed by atoms with Crippen molar-refractivity contribution in [3.8, 4) is 28.5 Å². The lowest BCUT2D eigenvalue weighted by atomic mass is 10.1. The Balaban J connectivity index is 1.90. The molecule has 0 unspecified atom stereocenters. The van der Waals surface area contributed by atoms with Crippen LogP contribution in [0.4, 0.5) is 0 Å². The molecule has 0 fully saturated rings. The van der Waals surface area contributed by atoms with Gasteiger partial charge in [0.25, 0.3) is 0 Å². The maximum atomic E-state index is 11.8. The molecule has 0 spiro atoms.